The molecule has 0 fully saturated rings. The van der Waals surface area contributed by atoms with E-state index in [9.17, 15) is 0 Å². The molecule has 0 saturated heterocycles. The summed E-state index contributed by atoms with van der Waals surface area (Å²) in [5.41, 5.74) is 2.26. The van der Waals surface area contributed by atoms with Crippen molar-refractivity contribution in [3.8, 4) is 0 Å². The number of pyridine rings is 1. The average molecular weight is 258 g/mol. The summed E-state index contributed by atoms with van der Waals surface area (Å²) in [5, 5.41) is 4.54. The van der Waals surface area contributed by atoms with Gasteiger partial charge in [0.2, 0.25) is 0 Å². The molecule has 1 aliphatic heterocycles. The third kappa shape index (κ3) is 2.18. The molecule has 0 spiro atoms. The van der Waals surface area contributed by atoms with E-state index in [1.165, 1.54) is 5.56 Å². The van der Waals surface area contributed by atoms with Crippen LogP contribution in [-0.2, 0) is 6.42 Å². The zero-order valence-electron chi connectivity index (χ0n) is 10.1. The second-order valence-electron chi connectivity index (χ2n) is 4.23. The topological polar surface area (TPSA) is 50.7 Å². The third-order valence-corrected chi connectivity index (χ3v) is 4.01. The van der Waals surface area contributed by atoms with Gasteiger partial charge >= 0.3 is 0 Å². The first-order valence-corrected chi connectivity index (χ1v) is 6.97. The van der Waals surface area contributed by atoms with Gasteiger partial charge in [-0.2, -0.15) is 0 Å². The van der Waals surface area contributed by atoms with Gasteiger partial charge < -0.3 is 5.32 Å². The van der Waals surface area contributed by atoms with Gasteiger partial charge in [0.1, 0.15) is 17.2 Å². The van der Waals surface area contributed by atoms with Crippen molar-refractivity contribution in [2.75, 3.05) is 11.1 Å². The van der Waals surface area contributed by atoms with E-state index in [2.05, 4.69) is 27.2 Å². The SMILES string of the molecule is CC(Nc1ncnc2c1CCS2)c1ccccn1. The molecule has 0 aliphatic carbocycles. The van der Waals surface area contributed by atoms with E-state index < -0.39 is 0 Å². The number of hydrogen-bond acceptors (Lipinski definition) is 5. The van der Waals surface area contributed by atoms with Crippen LogP contribution in [0.1, 0.15) is 24.2 Å². The Morgan fingerprint density at radius 3 is 3.06 bits per heavy atom. The van der Waals surface area contributed by atoms with E-state index in [0.717, 1.165) is 28.7 Å². The summed E-state index contributed by atoms with van der Waals surface area (Å²) in [4.78, 5) is 13.0. The molecule has 2 aromatic heterocycles. The van der Waals surface area contributed by atoms with E-state index in [4.69, 9.17) is 0 Å². The highest BCUT2D eigenvalue weighted by Crippen LogP contribution is 2.33. The lowest BCUT2D eigenvalue weighted by molar-refractivity contribution is 0.820. The maximum atomic E-state index is 4.36. The minimum Gasteiger partial charge on any atom is -0.362 e. The molecule has 1 N–H and O–H groups in total. The van der Waals surface area contributed by atoms with Gasteiger partial charge in [-0.1, -0.05) is 6.07 Å². The van der Waals surface area contributed by atoms with E-state index >= 15 is 0 Å². The van der Waals surface area contributed by atoms with Crippen LogP contribution in [0.5, 0.6) is 0 Å². The van der Waals surface area contributed by atoms with Gasteiger partial charge in [0, 0.05) is 17.5 Å². The molecular weight excluding hydrogens is 244 g/mol. The molecule has 0 radical (unpaired) electrons. The van der Waals surface area contributed by atoms with Gasteiger partial charge in [-0.05, 0) is 25.5 Å². The highest BCUT2D eigenvalue weighted by molar-refractivity contribution is 7.99. The quantitative estimate of drug-likeness (QED) is 0.858. The Morgan fingerprint density at radius 2 is 2.22 bits per heavy atom. The standard InChI is InChI=1S/C13H14N4S/c1-9(11-4-2-3-6-14-11)17-12-10-5-7-18-13(10)16-8-15-12/h2-4,6,8-9H,5,7H2,1H3,(H,15,16,17). The predicted octanol–water partition coefficient (Wildman–Crippen LogP) is 2.69. The smallest absolute Gasteiger partial charge is 0.134 e. The largest absolute Gasteiger partial charge is 0.362 e. The molecule has 0 amide bonds. The first kappa shape index (κ1) is 11.5. The van der Waals surface area contributed by atoms with Crippen LogP contribution in [0.2, 0.25) is 0 Å². The van der Waals surface area contributed by atoms with Gasteiger partial charge in [0.05, 0.1) is 11.7 Å². The van der Waals surface area contributed by atoms with Crippen molar-refractivity contribution in [2.45, 2.75) is 24.4 Å². The normalized spacial score (nSPS) is 15.2. The molecule has 1 atom stereocenters. The molecule has 18 heavy (non-hydrogen) atoms. The van der Waals surface area contributed by atoms with Crippen LogP contribution >= 0.6 is 11.8 Å². The number of rotatable bonds is 3. The molecular formula is C13H14N4S. The molecule has 5 heteroatoms. The zero-order chi connectivity index (χ0) is 12.4. The minimum atomic E-state index is 0.149. The Balaban J connectivity index is 1.83. The van der Waals surface area contributed by atoms with Crippen molar-refractivity contribution in [1.29, 1.82) is 0 Å². The molecule has 0 aromatic carbocycles. The molecule has 1 aliphatic rings. The highest BCUT2D eigenvalue weighted by Gasteiger charge is 2.19. The molecule has 3 heterocycles. The Morgan fingerprint density at radius 1 is 1.28 bits per heavy atom. The summed E-state index contributed by atoms with van der Waals surface area (Å²) in [5.74, 6) is 2.05. The van der Waals surface area contributed by atoms with Crippen LogP contribution in [0.15, 0.2) is 35.7 Å². The van der Waals surface area contributed by atoms with E-state index in [1.54, 1.807) is 18.1 Å². The van der Waals surface area contributed by atoms with Crippen molar-refractivity contribution in [3.63, 3.8) is 0 Å². The van der Waals surface area contributed by atoms with Crippen molar-refractivity contribution < 1.29 is 0 Å². The van der Waals surface area contributed by atoms with Crippen molar-refractivity contribution in [1.82, 2.24) is 15.0 Å². The van der Waals surface area contributed by atoms with Gasteiger partial charge in [0.25, 0.3) is 0 Å². The molecule has 0 bridgehead atoms. The van der Waals surface area contributed by atoms with E-state index in [0.29, 0.717) is 0 Å². The Labute approximate surface area is 110 Å². The number of fused-ring (bicyclic) bond motifs is 1. The second kappa shape index (κ2) is 4.94. The fourth-order valence-corrected chi connectivity index (χ4v) is 3.03. The summed E-state index contributed by atoms with van der Waals surface area (Å²) in [6.07, 6.45) is 4.48. The lowest BCUT2D eigenvalue weighted by Gasteiger charge is -2.15. The molecule has 92 valence electrons. The fourth-order valence-electron chi connectivity index (χ4n) is 2.03. The Hall–Kier alpha value is -1.62. The molecule has 4 nitrogen and oxygen atoms in total. The van der Waals surface area contributed by atoms with Gasteiger partial charge in [-0.15, -0.1) is 11.8 Å². The van der Waals surface area contributed by atoms with Crippen LogP contribution < -0.4 is 5.32 Å². The second-order valence-corrected chi connectivity index (χ2v) is 5.31. The van der Waals surface area contributed by atoms with Gasteiger partial charge in [-0.3, -0.25) is 4.98 Å². The number of anilines is 1. The van der Waals surface area contributed by atoms with E-state index in [1.807, 2.05) is 24.4 Å². The highest BCUT2D eigenvalue weighted by atomic mass is 32.2. The maximum absolute atomic E-state index is 4.36. The predicted molar refractivity (Wildman–Crippen MR) is 72.7 cm³/mol. The van der Waals surface area contributed by atoms with Crippen LogP contribution in [0.3, 0.4) is 0 Å². The zero-order valence-corrected chi connectivity index (χ0v) is 10.9. The number of nitrogens with zero attached hydrogens (tertiary/aromatic N) is 3. The minimum absolute atomic E-state index is 0.149. The first-order valence-electron chi connectivity index (χ1n) is 5.99. The Bertz CT molecular complexity index is 544. The first-order chi connectivity index (χ1) is 8.84. The maximum Gasteiger partial charge on any atom is 0.134 e. The number of nitrogens with one attached hydrogen (secondary N) is 1. The van der Waals surface area contributed by atoms with Crippen molar-refractivity contribution in [2.24, 2.45) is 0 Å². The Kier molecular flexibility index (Phi) is 3.15. The summed E-state index contributed by atoms with van der Waals surface area (Å²) < 4.78 is 0. The van der Waals surface area contributed by atoms with Crippen molar-refractivity contribution >= 4 is 17.6 Å². The number of hydrogen-bond donors (Lipinski definition) is 1. The van der Waals surface area contributed by atoms with Crippen LogP contribution in [0.25, 0.3) is 0 Å². The monoisotopic (exact) mass is 258 g/mol. The molecule has 3 rings (SSSR count). The van der Waals surface area contributed by atoms with Gasteiger partial charge in [0.15, 0.2) is 0 Å². The van der Waals surface area contributed by atoms with Crippen molar-refractivity contribution in [3.05, 3.63) is 42.0 Å². The lowest BCUT2D eigenvalue weighted by Crippen LogP contribution is -2.11. The average Bonchev–Trinajstić information content (AvgIpc) is 2.89. The molecule has 2 aromatic rings. The third-order valence-electron chi connectivity index (χ3n) is 2.98. The summed E-state index contributed by atoms with van der Waals surface area (Å²) in [6, 6.07) is 6.10. The van der Waals surface area contributed by atoms with Crippen LogP contribution in [-0.4, -0.2) is 20.7 Å². The van der Waals surface area contributed by atoms with Crippen LogP contribution in [0.4, 0.5) is 5.82 Å². The van der Waals surface area contributed by atoms with Crippen LogP contribution in [0, 0.1) is 0 Å². The van der Waals surface area contributed by atoms with E-state index in [-0.39, 0.29) is 6.04 Å². The summed E-state index contributed by atoms with van der Waals surface area (Å²) in [7, 11) is 0. The number of thioether (sulfide) groups is 1. The molecule has 0 saturated carbocycles. The lowest BCUT2D eigenvalue weighted by atomic mass is 10.2. The fraction of sp³-hybridized carbons (Fsp3) is 0.308. The summed E-state index contributed by atoms with van der Waals surface area (Å²) in [6.45, 7) is 2.10. The summed E-state index contributed by atoms with van der Waals surface area (Å²) >= 11 is 1.80. The van der Waals surface area contributed by atoms with Gasteiger partial charge in [-0.25, -0.2) is 9.97 Å². The molecule has 1 unspecified atom stereocenters. The number of aromatic nitrogens is 3.